The van der Waals surface area contributed by atoms with E-state index >= 15 is 0 Å². The molecule has 0 unspecified atom stereocenters. The molecule has 0 saturated carbocycles. The second-order valence-corrected chi connectivity index (χ2v) is 9.92. The second-order valence-electron chi connectivity index (χ2n) is 9.92. The average molecular weight is 635 g/mol. The molecule has 0 amide bonds. The Balaban J connectivity index is 0.00000120. The van der Waals surface area contributed by atoms with Crippen molar-refractivity contribution < 1.29 is 25.8 Å². The predicted octanol–water partition coefficient (Wildman–Crippen LogP) is 10.1. The Morgan fingerprint density at radius 3 is 1.36 bits per heavy atom. The Morgan fingerprint density at radius 1 is 0.583 bits per heavy atom. The van der Waals surface area contributed by atoms with Gasteiger partial charge in [-0.15, -0.1) is 68.1 Å². The van der Waals surface area contributed by atoms with Crippen LogP contribution in [0.25, 0.3) is 43.1 Å². The van der Waals surface area contributed by atoms with Crippen molar-refractivity contribution in [1.29, 1.82) is 0 Å². The first-order valence-corrected chi connectivity index (χ1v) is 12.3. The Kier molecular flexibility index (Phi) is 8.16. The third-order valence-corrected chi connectivity index (χ3v) is 7.74. The number of fused-ring (bicyclic) bond motifs is 6. The maximum Gasteiger partial charge on any atom is 4.00 e. The summed E-state index contributed by atoms with van der Waals surface area (Å²) in [6, 6.07) is 31.8. The van der Waals surface area contributed by atoms with E-state index in [2.05, 4.69) is 113 Å². The normalized spacial score (nSPS) is 11.4. The molecule has 36 heavy (non-hydrogen) atoms. The van der Waals surface area contributed by atoms with Crippen LogP contribution in [0.4, 0.5) is 0 Å². The van der Waals surface area contributed by atoms with Gasteiger partial charge in [0, 0.05) is 0 Å². The van der Waals surface area contributed by atoms with Gasteiger partial charge in [-0.1, -0.05) is 105 Å². The monoisotopic (exact) mass is 636 g/mol. The van der Waals surface area contributed by atoms with Crippen LogP contribution in [0.5, 0.6) is 0 Å². The molecule has 0 saturated heterocycles. The van der Waals surface area contributed by atoms with E-state index in [0.29, 0.717) is 0 Å². The summed E-state index contributed by atoms with van der Waals surface area (Å²) in [4.78, 5) is 0. The Hall–Kier alpha value is -2.51. The first-order chi connectivity index (χ1) is 16.0. The summed E-state index contributed by atoms with van der Waals surface area (Å²) in [5, 5.41) is 11.0. The van der Waals surface area contributed by atoms with Crippen LogP contribution in [0.2, 0.25) is 0 Å². The quantitative estimate of drug-likeness (QED) is 0.134. The van der Waals surface area contributed by atoms with Crippen molar-refractivity contribution in [2.75, 3.05) is 0 Å². The van der Waals surface area contributed by atoms with Crippen molar-refractivity contribution in [3.63, 3.8) is 0 Å². The third kappa shape index (κ3) is 4.01. The van der Waals surface area contributed by atoms with Crippen molar-refractivity contribution in [2.45, 2.75) is 46.0 Å². The molecule has 6 aromatic rings. The molecule has 1 heteroatoms. The fraction of sp³-hybridized carbons (Fsp3) is 0.200. The summed E-state index contributed by atoms with van der Waals surface area (Å²) in [5.74, 6) is 0. The SMILES string of the molecule is CCc1[cH-]c2ccc3ccccc3c2c1C(C)(C)c1c(CC)[cH-]c2ccc3ccccc3c12.[CH3-].[CH3-].[Hf+4]. The van der Waals surface area contributed by atoms with Crippen molar-refractivity contribution in [2.24, 2.45) is 0 Å². The molecule has 0 aromatic heterocycles. The topological polar surface area (TPSA) is 0 Å². The third-order valence-electron chi connectivity index (χ3n) is 7.74. The molecule has 0 N–H and O–H groups in total. The smallest absolute Gasteiger partial charge is 0.358 e. The van der Waals surface area contributed by atoms with Gasteiger partial charge in [0.15, 0.2) is 0 Å². The maximum absolute atomic E-state index is 2.46. The number of hydrogen-bond donors (Lipinski definition) is 0. The van der Waals surface area contributed by atoms with Crippen LogP contribution in [0, 0.1) is 14.9 Å². The Bertz CT molecular complexity index is 1530. The maximum atomic E-state index is 2.46. The molecule has 0 heterocycles. The van der Waals surface area contributed by atoms with Gasteiger partial charge in [0.1, 0.15) is 0 Å². The minimum absolute atomic E-state index is 0. The van der Waals surface area contributed by atoms with Gasteiger partial charge in [0.2, 0.25) is 0 Å². The molecule has 0 aliphatic rings. The molecule has 180 valence electrons. The molecule has 0 aliphatic heterocycles. The second kappa shape index (κ2) is 10.5. The molecule has 0 atom stereocenters. The van der Waals surface area contributed by atoms with Crippen molar-refractivity contribution in [3.05, 3.63) is 122 Å². The molecule has 0 bridgehead atoms. The van der Waals surface area contributed by atoms with E-state index in [1.54, 1.807) is 0 Å². The van der Waals surface area contributed by atoms with Gasteiger partial charge in [-0.3, -0.25) is 0 Å². The minimum atomic E-state index is -0.117. The van der Waals surface area contributed by atoms with Crippen molar-refractivity contribution in [1.82, 2.24) is 0 Å². The molecule has 0 fully saturated rings. The van der Waals surface area contributed by atoms with Crippen LogP contribution in [-0.2, 0) is 44.1 Å². The predicted molar refractivity (Wildman–Crippen MR) is 158 cm³/mol. The van der Waals surface area contributed by atoms with Gasteiger partial charge < -0.3 is 14.9 Å². The number of rotatable bonds is 4. The van der Waals surface area contributed by atoms with E-state index < -0.39 is 0 Å². The summed E-state index contributed by atoms with van der Waals surface area (Å²) < 4.78 is 0. The zero-order valence-corrected chi connectivity index (χ0v) is 26.1. The fourth-order valence-corrected chi connectivity index (χ4v) is 6.33. The van der Waals surface area contributed by atoms with E-state index in [9.17, 15) is 0 Å². The number of hydrogen-bond acceptors (Lipinski definition) is 0. The molecule has 6 aromatic carbocycles. The van der Waals surface area contributed by atoms with E-state index in [-0.39, 0.29) is 46.1 Å². The van der Waals surface area contributed by atoms with E-state index in [1.165, 1.54) is 65.3 Å². The van der Waals surface area contributed by atoms with E-state index in [0.717, 1.165) is 12.8 Å². The van der Waals surface area contributed by atoms with Crippen molar-refractivity contribution in [3.8, 4) is 0 Å². The summed E-state index contributed by atoms with van der Waals surface area (Å²) in [6.07, 6.45) is 2.09. The van der Waals surface area contributed by atoms with Gasteiger partial charge in [-0.25, -0.2) is 0 Å². The average Bonchev–Trinajstić information content (AvgIpc) is 3.43. The molecular formula is C35H36Hf. The van der Waals surface area contributed by atoms with Gasteiger partial charge in [-0.2, -0.15) is 0 Å². The largest absolute Gasteiger partial charge is 4.00 e. The van der Waals surface area contributed by atoms with Crippen molar-refractivity contribution >= 4 is 43.1 Å². The summed E-state index contributed by atoms with van der Waals surface area (Å²) in [7, 11) is 0. The minimum Gasteiger partial charge on any atom is -0.358 e. The van der Waals surface area contributed by atoms with Gasteiger partial charge in [0.25, 0.3) is 0 Å². The first kappa shape index (κ1) is 28.1. The fourth-order valence-electron chi connectivity index (χ4n) is 6.33. The van der Waals surface area contributed by atoms with E-state index in [4.69, 9.17) is 0 Å². The van der Waals surface area contributed by atoms with Crippen LogP contribution in [0.15, 0.2) is 84.9 Å². The van der Waals surface area contributed by atoms with Crippen LogP contribution >= 0.6 is 0 Å². The molecule has 0 aliphatic carbocycles. The van der Waals surface area contributed by atoms with Crippen LogP contribution in [0.3, 0.4) is 0 Å². The van der Waals surface area contributed by atoms with Crippen LogP contribution < -0.4 is 0 Å². The molecule has 6 rings (SSSR count). The molecule has 0 spiro atoms. The number of aryl methyl sites for hydroxylation is 2. The molecule has 0 nitrogen and oxygen atoms in total. The van der Waals surface area contributed by atoms with Gasteiger partial charge >= 0.3 is 25.8 Å². The van der Waals surface area contributed by atoms with Crippen LogP contribution in [0.1, 0.15) is 49.9 Å². The van der Waals surface area contributed by atoms with E-state index in [1.807, 2.05) is 0 Å². The Morgan fingerprint density at radius 2 is 0.972 bits per heavy atom. The van der Waals surface area contributed by atoms with Gasteiger partial charge in [-0.05, 0) is 23.6 Å². The first-order valence-electron chi connectivity index (χ1n) is 12.3. The zero-order chi connectivity index (χ0) is 22.7. The molecule has 0 radical (unpaired) electrons. The standard InChI is InChI=1S/C33H30.2CH3.Hf/c1-5-21-19-25-17-15-23-11-7-9-13-27(23)29(25)31(21)33(3,4)32-22(6-2)20-26-18-16-24-12-8-10-14-28(24)30(26)32;;;/h7-20H,5-6H2,1-4H3;2*1H3;/q-2;2*-1;+4. The number of benzene rings is 4. The van der Waals surface area contributed by atoms with Crippen LogP contribution in [-0.4, -0.2) is 0 Å². The molecular weight excluding hydrogens is 599 g/mol. The summed E-state index contributed by atoms with van der Waals surface area (Å²) in [5.41, 5.74) is 5.85. The Labute approximate surface area is 235 Å². The zero-order valence-electron chi connectivity index (χ0n) is 22.5. The summed E-state index contributed by atoms with van der Waals surface area (Å²) in [6.45, 7) is 9.52. The summed E-state index contributed by atoms with van der Waals surface area (Å²) >= 11 is 0. The van der Waals surface area contributed by atoms with Gasteiger partial charge in [0.05, 0.1) is 0 Å².